The molecule has 10 nitrogen and oxygen atoms in total. The fraction of sp³-hybridized carbons (Fsp3) is 0.875. The second kappa shape index (κ2) is 8.59. The predicted octanol–water partition coefficient (Wildman–Crippen LogP) is -2.03. The first kappa shape index (κ1) is 21.0. The van der Waals surface area contributed by atoms with Crippen LogP contribution >= 0.6 is 0 Å². The molecule has 0 radical (unpaired) electrons. The summed E-state index contributed by atoms with van der Waals surface area (Å²) >= 11 is 0. The van der Waals surface area contributed by atoms with Crippen LogP contribution in [0.4, 0.5) is 0 Å². The van der Waals surface area contributed by atoms with Gasteiger partial charge in [0, 0.05) is 31.8 Å². The number of rotatable bonds is 5. The monoisotopic (exact) mass is 375 g/mol. The van der Waals surface area contributed by atoms with Crippen LogP contribution in [0.5, 0.6) is 0 Å². The van der Waals surface area contributed by atoms with E-state index in [4.69, 9.17) is 36.1 Å². The van der Waals surface area contributed by atoms with Gasteiger partial charge in [-0.15, -0.1) is 0 Å². The van der Waals surface area contributed by atoms with Crippen LogP contribution in [0.2, 0.25) is 0 Å². The zero-order valence-corrected chi connectivity index (χ0v) is 15.2. The highest BCUT2D eigenvalue weighted by Crippen LogP contribution is 2.31. The van der Waals surface area contributed by atoms with Crippen molar-refractivity contribution in [3.05, 3.63) is 0 Å². The average Bonchev–Trinajstić information content (AvgIpc) is 2.81. The minimum Gasteiger partial charge on any atom is -0.463 e. The van der Waals surface area contributed by atoms with E-state index >= 15 is 0 Å². The van der Waals surface area contributed by atoms with Crippen LogP contribution < -0.4 is 17.2 Å². The Morgan fingerprint density at radius 3 is 2.31 bits per heavy atom. The highest BCUT2D eigenvalue weighted by molar-refractivity contribution is 5.66. The second-order valence-corrected chi connectivity index (χ2v) is 7.01. The van der Waals surface area contributed by atoms with E-state index in [0.29, 0.717) is 6.42 Å². The average molecular weight is 375 g/mol. The number of nitrogens with two attached hydrogens (primary N) is 3. The third kappa shape index (κ3) is 4.70. The summed E-state index contributed by atoms with van der Waals surface area (Å²) in [5.74, 6) is -1.10. The van der Waals surface area contributed by atoms with Gasteiger partial charge in [0.2, 0.25) is 0 Å². The maximum absolute atomic E-state index is 11.3. The van der Waals surface area contributed by atoms with Gasteiger partial charge in [-0.1, -0.05) is 6.92 Å². The fourth-order valence-electron chi connectivity index (χ4n) is 3.36. The lowest BCUT2D eigenvalue weighted by Crippen LogP contribution is -2.64. The molecule has 0 spiro atoms. The number of esters is 2. The van der Waals surface area contributed by atoms with E-state index in [-0.39, 0.29) is 12.5 Å². The quantitative estimate of drug-likeness (QED) is 0.393. The highest BCUT2D eigenvalue weighted by Gasteiger charge is 2.48. The third-order valence-electron chi connectivity index (χ3n) is 4.92. The van der Waals surface area contributed by atoms with E-state index < -0.39 is 60.8 Å². The maximum atomic E-state index is 11.3. The summed E-state index contributed by atoms with van der Waals surface area (Å²) in [5.41, 5.74) is 18.2. The topological polar surface area (TPSA) is 169 Å². The third-order valence-corrected chi connectivity index (χ3v) is 4.92. The SMILES string of the molecule is CC(=O)OCC1OC(OC2C(N)CC(N)C(OC(C)=O)C2O)C(N)C1C. The Morgan fingerprint density at radius 2 is 1.73 bits per heavy atom. The normalized spacial score (nSPS) is 43.1. The van der Waals surface area contributed by atoms with Crippen molar-refractivity contribution in [1.82, 2.24) is 0 Å². The summed E-state index contributed by atoms with van der Waals surface area (Å²) in [6.45, 7) is 4.46. The number of carbonyl (C=O) groups is 2. The van der Waals surface area contributed by atoms with E-state index in [1.165, 1.54) is 13.8 Å². The van der Waals surface area contributed by atoms with E-state index in [2.05, 4.69) is 0 Å². The number of ether oxygens (including phenoxy) is 4. The minimum absolute atomic E-state index is 0.0598. The Morgan fingerprint density at radius 1 is 1.12 bits per heavy atom. The smallest absolute Gasteiger partial charge is 0.303 e. The zero-order valence-electron chi connectivity index (χ0n) is 15.2. The molecule has 26 heavy (non-hydrogen) atoms. The Kier molecular flexibility index (Phi) is 6.94. The molecule has 2 aliphatic rings. The molecular weight excluding hydrogens is 346 g/mol. The van der Waals surface area contributed by atoms with E-state index in [0.717, 1.165) is 0 Å². The molecule has 7 N–H and O–H groups in total. The molecule has 0 aromatic rings. The van der Waals surface area contributed by atoms with Gasteiger partial charge in [0.1, 0.15) is 24.9 Å². The Hall–Kier alpha value is -1.30. The van der Waals surface area contributed by atoms with E-state index in [1.54, 1.807) is 0 Å². The lowest BCUT2D eigenvalue weighted by molar-refractivity contribution is -0.223. The number of aliphatic hydroxyl groups is 1. The molecule has 1 saturated heterocycles. The van der Waals surface area contributed by atoms with Gasteiger partial charge >= 0.3 is 11.9 Å². The number of aliphatic hydroxyl groups excluding tert-OH is 1. The van der Waals surface area contributed by atoms with Crippen molar-refractivity contribution in [1.29, 1.82) is 0 Å². The van der Waals surface area contributed by atoms with Gasteiger partial charge in [-0.25, -0.2) is 0 Å². The first-order valence-corrected chi connectivity index (χ1v) is 8.68. The van der Waals surface area contributed by atoms with Crippen LogP contribution in [0, 0.1) is 5.92 Å². The van der Waals surface area contributed by atoms with E-state index in [1.807, 2.05) is 6.92 Å². The van der Waals surface area contributed by atoms with Crippen molar-refractivity contribution in [3.63, 3.8) is 0 Å². The molecule has 1 aliphatic carbocycles. The molecule has 0 aromatic heterocycles. The molecule has 0 bridgehead atoms. The zero-order chi connectivity index (χ0) is 19.6. The van der Waals surface area contributed by atoms with E-state index in [9.17, 15) is 14.7 Å². The van der Waals surface area contributed by atoms with Gasteiger partial charge in [-0.2, -0.15) is 0 Å². The lowest BCUT2D eigenvalue weighted by atomic mass is 9.84. The molecule has 0 aromatic carbocycles. The van der Waals surface area contributed by atoms with Crippen LogP contribution in [0.1, 0.15) is 27.2 Å². The summed E-state index contributed by atoms with van der Waals surface area (Å²) in [5, 5.41) is 10.5. The van der Waals surface area contributed by atoms with Gasteiger partial charge in [-0.05, 0) is 6.42 Å². The van der Waals surface area contributed by atoms with Crippen molar-refractivity contribution in [2.24, 2.45) is 23.1 Å². The number of carbonyl (C=O) groups excluding carboxylic acids is 2. The largest absolute Gasteiger partial charge is 0.463 e. The molecule has 9 atom stereocenters. The fourth-order valence-corrected chi connectivity index (χ4v) is 3.36. The molecule has 150 valence electrons. The first-order chi connectivity index (χ1) is 12.1. The Bertz CT molecular complexity index is 520. The molecule has 1 aliphatic heterocycles. The number of hydrogen-bond donors (Lipinski definition) is 4. The molecule has 10 heteroatoms. The Balaban J connectivity index is 2.03. The van der Waals surface area contributed by atoms with Crippen LogP contribution in [-0.2, 0) is 28.5 Å². The van der Waals surface area contributed by atoms with Crippen molar-refractivity contribution in [2.45, 2.75) is 76.0 Å². The van der Waals surface area contributed by atoms with Crippen LogP contribution in [-0.4, -0.2) is 72.5 Å². The minimum atomic E-state index is -1.21. The standard InChI is InChI=1S/C16H29N3O7/c1-6-11(5-23-7(2)20)25-16(12(6)19)26-15-10(18)4-9(17)14(13(15)22)24-8(3)21/h6,9-16,22H,4-5,17-19H2,1-3H3. The molecule has 1 heterocycles. The molecular formula is C16H29N3O7. The van der Waals surface area contributed by atoms with Crippen molar-refractivity contribution in [2.75, 3.05) is 6.61 Å². The predicted molar refractivity (Wildman–Crippen MR) is 89.4 cm³/mol. The molecule has 1 saturated carbocycles. The Labute approximate surface area is 152 Å². The van der Waals surface area contributed by atoms with Crippen molar-refractivity contribution >= 4 is 11.9 Å². The molecule has 0 amide bonds. The number of hydrogen-bond acceptors (Lipinski definition) is 10. The first-order valence-electron chi connectivity index (χ1n) is 8.68. The van der Waals surface area contributed by atoms with Crippen LogP contribution in [0.15, 0.2) is 0 Å². The molecule has 2 fully saturated rings. The molecule has 2 rings (SSSR count). The lowest BCUT2D eigenvalue weighted by Gasteiger charge is -2.42. The summed E-state index contributed by atoms with van der Waals surface area (Å²) in [6.07, 6.45) is -3.98. The highest BCUT2D eigenvalue weighted by atomic mass is 16.7. The summed E-state index contributed by atoms with van der Waals surface area (Å²) in [7, 11) is 0. The molecule has 9 unspecified atom stereocenters. The van der Waals surface area contributed by atoms with Crippen LogP contribution in [0.3, 0.4) is 0 Å². The summed E-state index contributed by atoms with van der Waals surface area (Å²) < 4.78 is 21.7. The van der Waals surface area contributed by atoms with Gasteiger partial charge in [0.25, 0.3) is 0 Å². The van der Waals surface area contributed by atoms with Crippen LogP contribution in [0.25, 0.3) is 0 Å². The van der Waals surface area contributed by atoms with Crippen molar-refractivity contribution < 1.29 is 33.6 Å². The van der Waals surface area contributed by atoms with Crippen molar-refractivity contribution in [3.8, 4) is 0 Å². The van der Waals surface area contributed by atoms with Gasteiger partial charge in [0.15, 0.2) is 6.29 Å². The van der Waals surface area contributed by atoms with Gasteiger partial charge in [-0.3, -0.25) is 9.59 Å². The summed E-state index contributed by atoms with van der Waals surface area (Å²) in [6, 6.07) is -1.68. The van der Waals surface area contributed by atoms with Gasteiger partial charge < -0.3 is 41.3 Å². The summed E-state index contributed by atoms with van der Waals surface area (Å²) in [4.78, 5) is 22.2. The van der Waals surface area contributed by atoms with Gasteiger partial charge in [0.05, 0.1) is 12.1 Å². The maximum Gasteiger partial charge on any atom is 0.303 e. The second-order valence-electron chi connectivity index (χ2n) is 7.01.